The summed E-state index contributed by atoms with van der Waals surface area (Å²) in [4.78, 5) is 17.8. The van der Waals surface area contributed by atoms with E-state index in [0.29, 0.717) is 25.3 Å². The van der Waals surface area contributed by atoms with E-state index in [4.69, 9.17) is 4.74 Å². The number of likely N-dealkylation sites (N-methyl/N-ethyl adjacent to an activating group) is 1. The number of hydrogen-bond donors (Lipinski definition) is 3. The second-order valence-corrected chi connectivity index (χ2v) is 6.69. The molecule has 0 bridgehead atoms. The average molecular weight is 343 g/mol. The van der Waals surface area contributed by atoms with Crippen LogP contribution in [0.5, 0.6) is 0 Å². The van der Waals surface area contributed by atoms with Crippen LogP contribution < -0.4 is 5.32 Å². The minimum Gasteiger partial charge on any atom is -0.394 e. The van der Waals surface area contributed by atoms with Gasteiger partial charge in [-0.05, 0) is 19.5 Å². The Labute approximate surface area is 147 Å². The van der Waals surface area contributed by atoms with E-state index in [0.717, 1.165) is 11.1 Å². The fraction of sp³-hybridized carbons (Fsp3) is 0.421. The van der Waals surface area contributed by atoms with E-state index in [2.05, 4.69) is 15.2 Å². The fourth-order valence-electron chi connectivity index (χ4n) is 3.24. The molecule has 1 amide bonds. The zero-order valence-corrected chi connectivity index (χ0v) is 14.7. The van der Waals surface area contributed by atoms with Crippen LogP contribution in [0.4, 0.5) is 0 Å². The molecule has 1 aromatic carbocycles. The topological polar surface area (TPSA) is 77.6 Å². The molecule has 1 aromatic heterocycles. The van der Waals surface area contributed by atoms with Gasteiger partial charge in [0.25, 0.3) is 5.91 Å². The van der Waals surface area contributed by atoms with Crippen LogP contribution in [-0.4, -0.2) is 65.9 Å². The molecule has 0 spiro atoms. The monoisotopic (exact) mass is 343 g/mol. The van der Waals surface area contributed by atoms with Crippen molar-refractivity contribution in [2.24, 2.45) is 0 Å². The maximum atomic E-state index is 12.7. The van der Waals surface area contributed by atoms with Crippen LogP contribution in [0.2, 0.25) is 0 Å². The van der Waals surface area contributed by atoms with Crippen LogP contribution in [0, 0.1) is 0 Å². The van der Waals surface area contributed by atoms with Crippen LogP contribution in [0.1, 0.15) is 17.3 Å². The molecule has 3 rings (SSSR count). The molecule has 0 unspecified atom stereocenters. The van der Waals surface area contributed by atoms with E-state index in [1.165, 1.54) is 0 Å². The lowest BCUT2D eigenvalue weighted by molar-refractivity contribution is -0.105. The molecule has 1 aliphatic rings. The quantitative estimate of drug-likeness (QED) is 0.769. The maximum absolute atomic E-state index is 12.7. The second kappa shape index (κ2) is 7.39. The highest BCUT2D eigenvalue weighted by Crippen LogP contribution is 2.24. The van der Waals surface area contributed by atoms with E-state index < -0.39 is 5.54 Å². The lowest BCUT2D eigenvalue weighted by Crippen LogP contribution is -2.65. The Hall–Kier alpha value is -2.15. The Balaban J connectivity index is 1.74. The molecule has 2 heterocycles. The molecule has 2 aromatic rings. The van der Waals surface area contributed by atoms with Gasteiger partial charge in [-0.1, -0.05) is 30.3 Å². The first-order chi connectivity index (χ1) is 12.1. The molecule has 0 radical (unpaired) electrons. The summed E-state index contributed by atoms with van der Waals surface area (Å²) in [7, 11) is 1.96. The minimum atomic E-state index is -0.601. The molecule has 0 aliphatic carbocycles. The highest BCUT2D eigenvalue weighted by Gasteiger charge is 2.40. The number of nitrogens with one attached hydrogen (secondary N) is 2. The van der Waals surface area contributed by atoms with Crippen molar-refractivity contribution in [1.29, 1.82) is 0 Å². The van der Waals surface area contributed by atoms with E-state index in [1.807, 2.05) is 50.5 Å². The van der Waals surface area contributed by atoms with Gasteiger partial charge in [0.05, 0.1) is 30.9 Å². The molecular weight excluding hydrogens is 318 g/mol. The summed E-state index contributed by atoms with van der Waals surface area (Å²) in [6, 6.07) is 9.96. The van der Waals surface area contributed by atoms with Crippen LogP contribution in [0.15, 0.2) is 42.7 Å². The fourth-order valence-corrected chi connectivity index (χ4v) is 3.24. The third-order valence-corrected chi connectivity index (χ3v) is 5.09. The van der Waals surface area contributed by atoms with Crippen molar-refractivity contribution in [3.8, 4) is 11.1 Å². The molecule has 6 heteroatoms. The standard InChI is InChI=1S/C19H25N3O3/c1-14-10-25-13-19(12-23,22(14)2)11-21-18(24)17-9-20-8-16(17)15-6-4-3-5-7-15/h3-9,14,20,23H,10-13H2,1-2H3,(H,21,24)/t14-,19+/m1/s1. The third kappa shape index (κ3) is 3.46. The van der Waals surface area contributed by atoms with Crippen molar-refractivity contribution in [1.82, 2.24) is 15.2 Å². The lowest BCUT2D eigenvalue weighted by atomic mass is 9.95. The summed E-state index contributed by atoms with van der Waals surface area (Å²) in [6.45, 7) is 3.31. The number of morpholine rings is 1. The van der Waals surface area contributed by atoms with Crippen molar-refractivity contribution in [3.05, 3.63) is 48.3 Å². The molecule has 3 N–H and O–H groups in total. The SMILES string of the molecule is C[C@@H]1COC[C@@](CO)(CNC(=O)c2c[nH]cc2-c2ccccc2)N1C. The molecular formula is C19H25N3O3. The van der Waals surface area contributed by atoms with Crippen molar-refractivity contribution < 1.29 is 14.6 Å². The van der Waals surface area contributed by atoms with E-state index in [1.54, 1.807) is 6.20 Å². The summed E-state index contributed by atoms with van der Waals surface area (Å²) in [5.41, 5.74) is 1.83. The number of ether oxygens (including phenoxy) is 1. The van der Waals surface area contributed by atoms with Crippen molar-refractivity contribution >= 4 is 5.91 Å². The van der Waals surface area contributed by atoms with E-state index in [9.17, 15) is 9.90 Å². The van der Waals surface area contributed by atoms with Gasteiger partial charge in [0.2, 0.25) is 0 Å². The summed E-state index contributed by atoms with van der Waals surface area (Å²) in [6.07, 6.45) is 3.52. The van der Waals surface area contributed by atoms with Crippen molar-refractivity contribution in [3.63, 3.8) is 0 Å². The largest absolute Gasteiger partial charge is 0.394 e. The number of aromatic amines is 1. The van der Waals surface area contributed by atoms with Crippen molar-refractivity contribution in [2.75, 3.05) is 33.4 Å². The molecule has 1 saturated heterocycles. The zero-order valence-electron chi connectivity index (χ0n) is 14.7. The summed E-state index contributed by atoms with van der Waals surface area (Å²) < 4.78 is 5.62. The number of aromatic nitrogens is 1. The highest BCUT2D eigenvalue weighted by molar-refractivity contribution is 6.00. The highest BCUT2D eigenvalue weighted by atomic mass is 16.5. The number of nitrogens with zero attached hydrogens (tertiary/aromatic N) is 1. The van der Waals surface area contributed by atoms with Gasteiger partial charge < -0.3 is 20.1 Å². The van der Waals surface area contributed by atoms with Crippen LogP contribution in [0.3, 0.4) is 0 Å². The summed E-state index contributed by atoms with van der Waals surface area (Å²) in [5, 5.41) is 12.9. The Morgan fingerprint density at radius 2 is 2.16 bits per heavy atom. The number of aliphatic hydroxyl groups is 1. The third-order valence-electron chi connectivity index (χ3n) is 5.09. The molecule has 0 saturated carbocycles. The van der Waals surface area contributed by atoms with Gasteiger partial charge in [-0.3, -0.25) is 9.69 Å². The van der Waals surface area contributed by atoms with Crippen LogP contribution >= 0.6 is 0 Å². The molecule has 6 nitrogen and oxygen atoms in total. The second-order valence-electron chi connectivity index (χ2n) is 6.69. The smallest absolute Gasteiger partial charge is 0.253 e. The normalized spacial score (nSPS) is 24.2. The molecule has 134 valence electrons. The molecule has 1 aliphatic heterocycles. The lowest BCUT2D eigenvalue weighted by Gasteiger charge is -2.47. The Morgan fingerprint density at radius 1 is 1.40 bits per heavy atom. The van der Waals surface area contributed by atoms with Gasteiger partial charge in [-0.2, -0.15) is 0 Å². The number of benzene rings is 1. The predicted octanol–water partition coefficient (Wildman–Crippen LogP) is 1.49. The van der Waals surface area contributed by atoms with Gasteiger partial charge >= 0.3 is 0 Å². The van der Waals surface area contributed by atoms with Gasteiger partial charge in [-0.15, -0.1) is 0 Å². The molecule has 2 atom stereocenters. The molecule has 1 fully saturated rings. The number of aliphatic hydroxyl groups excluding tert-OH is 1. The number of hydrogen-bond acceptors (Lipinski definition) is 4. The van der Waals surface area contributed by atoms with E-state index >= 15 is 0 Å². The Morgan fingerprint density at radius 3 is 2.88 bits per heavy atom. The van der Waals surface area contributed by atoms with Gasteiger partial charge in [-0.25, -0.2) is 0 Å². The van der Waals surface area contributed by atoms with Crippen LogP contribution in [-0.2, 0) is 4.74 Å². The molecule has 25 heavy (non-hydrogen) atoms. The number of carbonyl (C=O) groups is 1. The number of carbonyl (C=O) groups excluding carboxylic acids is 1. The first-order valence-corrected chi connectivity index (χ1v) is 8.49. The zero-order chi connectivity index (χ0) is 17.9. The average Bonchev–Trinajstić information content (AvgIpc) is 3.13. The van der Waals surface area contributed by atoms with Gasteiger partial charge in [0, 0.05) is 30.5 Å². The Bertz CT molecular complexity index is 716. The van der Waals surface area contributed by atoms with Crippen molar-refractivity contribution in [2.45, 2.75) is 18.5 Å². The predicted molar refractivity (Wildman–Crippen MR) is 96.4 cm³/mol. The maximum Gasteiger partial charge on any atom is 0.253 e. The van der Waals surface area contributed by atoms with Crippen LogP contribution in [0.25, 0.3) is 11.1 Å². The minimum absolute atomic E-state index is 0.0766. The van der Waals surface area contributed by atoms with Gasteiger partial charge in [0.1, 0.15) is 0 Å². The first-order valence-electron chi connectivity index (χ1n) is 8.49. The number of amides is 1. The van der Waals surface area contributed by atoms with E-state index in [-0.39, 0.29) is 18.6 Å². The number of H-pyrrole nitrogens is 1. The first kappa shape index (κ1) is 17.7. The number of rotatable bonds is 5. The summed E-state index contributed by atoms with van der Waals surface area (Å²) >= 11 is 0. The Kier molecular flexibility index (Phi) is 5.22. The summed E-state index contributed by atoms with van der Waals surface area (Å²) in [5.74, 6) is -0.167. The van der Waals surface area contributed by atoms with Gasteiger partial charge in [0.15, 0.2) is 0 Å².